The zero-order valence-corrected chi connectivity index (χ0v) is 15.0. The average Bonchev–Trinajstić information content (AvgIpc) is 3.07. The lowest BCUT2D eigenvalue weighted by atomic mass is 9.93. The molecule has 0 saturated carbocycles. The predicted molar refractivity (Wildman–Crippen MR) is 95.1 cm³/mol. The van der Waals surface area contributed by atoms with Gasteiger partial charge >= 0.3 is 5.97 Å². The number of carbonyl (C=O) groups excluding carboxylic acids is 1. The van der Waals surface area contributed by atoms with Crippen molar-refractivity contribution in [2.24, 2.45) is 5.92 Å². The van der Waals surface area contributed by atoms with Crippen molar-refractivity contribution in [3.8, 4) is 0 Å². The molecule has 0 aromatic carbocycles. The highest BCUT2D eigenvalue weighted by atomic mass is 16.4. The Labute approximate surface area is 151 Å². The third kappa shape index (κ3) is 3.35. The summed E-state index contributed by atoms with van der Waals surface area (Å²) in [5.74, 6) is -1.67. The molecule has 3 heterocycles. The van der Waals surface area contributed by atoms with Gasteiger partial charge in [-0.1, -0.05) is 6.07 Å². The number of likely N-dealkylation sites (tertiary alicyclic amines) is 1. The summed E-state index contributed by atoms with van der Waals surface area (Å²) in [5, 5.41) is 9.57. The molecule has 2 atom stereocenters. The van der Waals surface area contributed by atoms with Gasteiger partial charge in [-0.05, 0) is 19.1 Å². The van der Waals surface area contributed by atoms with Gasteiger partial charge in [-0.2, -0.15) is 0 Å². The first kappa shape index (κ1) is 17.8. The van der Waals surface area contributed by atoms with Gasteiger partial charge < -0.3 is 14.9 Å². The number of hydrogen-bond donors (Lipinski definition) is 1. The third-order valence-corrected chi connectivity index (χ3v) is 4.59. The van der Waals surface area contributed by atoms with Gasteiger partial charge in [0.25, 0.3) is 5.91 Å². The Balaban J connectivity index is 1.86. The van der Waals surface area contributed by atoms with E-state index in [4.69, 9.17) is 0 Å². The van der Waals surface area contributed by atoms with Crippen molar-refractivity contribution in [1.82, 2.24) is 19.9 Å². The van der Waals surface area contributed by atoms with Crippen LogP contribution in [0.1, 0.15) is 27.7 Å². The van der Waals surface area contributed by atoms with Crippen LogP contribution in [-0.2, 0) is 4.79 Å². The molecule has 2 aromatic rings. The first-order chi connectivity index (χ1) is 12.4. The Kier molecular flexibility index (Phi) is 4.83. The maximum atomic E-state index is 12.9. The monoisotopic (exact) mass is 355 g/mol. The quantitative estimate of drug-likeness (QED) is 0.879. The van der Waals surface area contributed by atoms with E-state index in [0.717, 1.165) is 0 Å². The van der Waals surface area contributed by atoms with E-state index in [-0.39, 0.29) is 18.4 Å². The minimum absolute atomic E-state index is 0.143. The number of anilines is 1. The highest BCUT2D eigenvalue weighted by Gasteiger charge is 2.41. The molecule has 1 aliphatic rings. The third-order valence-electron chi connectivity index (χ3n) is 4.59. The number of aromatic nitrogens is 3. The summed E-state index contributed by atoms with van der Waals surface area (Å²) in [6.45, 7) is 2.20. The molecular weight excluding hydrogens is 334 g/mol. The molecule has 0 bridgehead atoms. The van der Waals surface area contributed by atoms with E-state index in [9.17, 15) is 14.7 Å². The van der Waals surface area contributed by atoms with Crippen LogP contribution in [0.5, 0.6) is 0 Å². The first-order valence-corrected chi connectivity index (χ1v) is 8.32. The fourth-order valence-corrected chi connectivity index (χ4v) is 3.17. The molecule has 1 aliphatic heterocycles. The van der Waals surface area contributed by atoms with E-state index in [1.165, 1.54) is 6.20 Å². The molecule has 8 nitrogen and oxygen atoms in total. The average molecular weight is 355 g/mol. The fourth-order valence-electron chi connectivity index (χ4n) is 3.17. The molecule has 3 rings (SSSR count). The molecule has 1 fully saturated rings. The number of nitrogens with zero attached hydrogens (tertiary/aromatic N) is 5. The van der Waals surface area contributed by atoms with Crippen LogP contribution in [0.4, 0.5) is 5.95 Å². The second kappa shape index (κ2) is 7.07. The van der Waals surface area contributed by atoms with Gasteiger partial charge in [0.15, 0.2) is 0 Å². The van der Waals surface area contributed by atoms with E-state index in [2.05, 4.69) is 15.0 Å². The Morgan fingerprint density at radius 3 is 2.58 bits per heavy atom. The molecule has 136 valence electrons. The van der Waals surface area contributed by atoms with E-state index in [0.29, 0.717) is 29.4 Å². The van der Waals surface area contributed by atoms with Crippen LogP contribution in [0, 0.1) is 12.8 Å². The second-order valence-corrected chi connectivity index (χ2v) is 6.58. The minimum atomic E-state index is -0.924. The molecule has 1 amide bonds. The van der Waals surface area contributed by atoms with Gasteiger partial charge in [-0.25, -0.2) is 9.97 Å². The first-order valence-electron chi connectivity index (χ1n) is 8.32. The lowest BCUT2D eigenvalue weighted by Crippen LogP contribution is -2.31. The van der Waals surface area contributed by atoms with Gasteiger partial charge in [-0.15, -0.1) is 0 Å². The SMILES string of the molecule is Cc1nc(N(C)C)ncc1C(=O)N1C[C@H](C(=O)O)[C@@H](c2ccccn2)C1. The van der Waals surface area contributed by atoms with Crippen LogP contribution in [-0.4, -0.2) is 64.0 Å². The number of carboxylic acids is 1. The van der Waals surface area contributed by atoms with Crippen molar-refractivity contribution < 1.29 is 14.7 Å². The Morgan fingerprint density at radius 1 is 1.23 bits per heavy atom. The van der Waals surface area contributed by atoms with Gasteiger partial charge in [0.05, 0.1) is 17.2 Å². The van der Waals surface area contributed by atoms with Crippen LogP contribution < -0.4 is 4.90 Å². The zero-order chi connectivity index (χ0) is 18.8. The summed E-state index contributed by atoms with van der Waals surface area (Å²) >= 11 is 0. The molecule has 0 radical (unpaired) electrons. The van der Waals surface area contributed by atoms with Crippen molar-refractivity contribution in [3.05, 3.63) is 47.5 Å². The van der Waals surface area contributed by atoms with Crippen LogP contribution >= 0.6 is 0 Å². The Hall–Kier alpha value is -3.03. The standard InChI is InChI=1S/C18H21N5O3/c1-11-12(8-20-18(21-11)22(2)3)16(24)23-9-13(14(10-23)17(25)26)15-6-4-5-7-19-15/h4-8,13-14H,9-10H2,1-3H3,(H,25,26)/t13-,14-/m0/s1. The lowest BCUT2D eigenvalue weighted by molar-refractivity contribution is -0.141. The molecule has 8 heteroatoms. The molecule has 1 N–H and O–H groups in total. The molecule has 2 aromatic heterocycles. The molecule has 0 unspecified atom stereocenters. The van der Waals surface area contributed by atoms with Crippen molar-refractivity contribution >= 4 is 17.8 Å². The molecular formula is C18H21N5O3. The predicted octanol–water partition coefficient (Wildman–Crippen LogP) is 1.19. The van der Waals surface area contributed by atoms with E-state index >= 15 is 0 Å². The van der Waals surface area contributed by atoms with Gasteiger partial charge in [0.1, 0.15) is 0 Å². The largest absolute Gasteiger partial charge is 0.481 e. The molecule has 26 heavy (non-hydrogen) atoms. The van der Waals surface area contributed by atoms with E-state index in [1.54, 1.807) is 35.1 Å². The second-order valence-electron chi connectivity index (χ2n) is 6.58. The summed E-state index contributed by atoms with van der Waals surface area (Å²) in [6, 6.07) is 5.41. The smallest absolute Gasteiger partial charge is 0.309 e. The Bertz CT molecular complexity index is 825. The number of aliphatic carboxylic acids is 1. The van der Waals surface area contributed by atoms with E-state index < -0.39 is 11.9 Å². The molecule has 1 saturated heterocycles. The summed E-state index contributed by atoms with van der Waals surface area (Å²) in [5.41, 5.74) is 1.65. The van der Waals surface area contributed by atoms with Crippen LogP contribution in [0.3, 0.4) is 0 Å². The van der Waals surface area contributed by atoms with Crippen LogP contribution in [0.2, 0.25) is 0 Å². The number of carbonyl (C=O) groups is 2. The molecule has 0 spiro atoms. The number of aryl methyl sites for hydroxylation is 1. The lowest BCUT2D eigenvalue weighted by Gasteiger charge is -2.18. The number of carboxylic acid groups (broad SMARTS) is 1. The van der Waals surface area contributed by atoms with Crippen molar-refractivity contribution in [1.29, 1.82) is 0 Å². The minimum Gasteiger partial charge on any atom is -0.481 e. The maximum Gasteiger partial charge on any atom is 0.309 e. The fraction of sp³-hybridized carbons (Fsp3) is 0.389. The summed E-state index contributed by atoms with van der Waals surface area (Å²) in [4.78, 5) is 40.7. The van der Waals surface area contributed by atoms with Crippen molar-refractivity contribution in [3.63, 3.8) is 0 Å². The normalized spacial score (nSPS) is 19.4. The zero-order valence-electron chi connectivity index (χ0n) is 15.0. The maximum absolute atomic E-state index is 12.9. The number of hydrogen-bond acceptors (Lipinski definition) is 6. The summed E-state index contributed by atoms with van der Waals surface area (Å²) in [6.07, 6.45) is 3.14. The molecule has 0 aliphatic carbocycles. The van der Waals surface area contributed by atoms with Gasteiger partial charge in [0.2, 0.25) is 5.95 Å². The van der Waals surface area contributed by atoms with Crippen molar-refractivity contribution in [2.75, 3.05) is 32.1 Å². The summed E-state index contributed by atoms with van der Waals surface area (Å²) in [7, 11) is 3.65. The van der Waals surface area contributed by atoms with Crippen LogP contribution in [0.25, 0.3) is 0 Å². The van der Waals surface area contributed by atoms with Gasteiger partial charge in [0, 0.05) is 51.2 Å². The van der Waals surface area contributed by atoms with Gasteiger partial charge in [-0.3, -0.25) is 14.6 Å². The summed E-state index contributed by atoms with van der Waals surface area (Å²) < 4.78 is 0. The highest BCUT2D eigenvalue weighted by Crippen LogP contribution is 2.32. The number of rotatable bonds is 4. The number of pyridine rings is 1. The van der Waals surface area contributed by atoms with Crippen molar-refractivity contribution in [2.45, 2.75) is 12.8 Å². The van der Waals surface area contributed by atoms with Crippen LogP contribution in [0.15, 0.2) is 30.6 Å². The highest BCUT2D eigenvalue weighted by molar-refractivity contribution is 5.95. The Morgan fingerprint density at radius 2 is 2.00 bits per heavy atom. The van der Waals surface area contributed by atoms with E-state index in [1.807, 2.05) is 20.2 Å². The topological polar surface area (TPSA) is 99.5 Å². The number of amides is 1.